The summed E-state index contributed by atoms with van der Waals surface area (Å²) in [5.74, 6) is 0. The van der Waals surface area contributed by atoms with Gasteiger partial charge in [-0.05, 0) is 36.9 Å². The lowest BCUT2D eigenvalue weighted by molar-refractivity contribution is 0.0445. The van der Waals surface area contributed by atoms with Gasteiger partial charge in [-0.3, -0.25) is 0 Å². The van der Waals surface area contributed by atoms with Gasteiger partial charge in [0.25, 0.3) is 0 Å². The van der Waals surface area contributed by atoms with E-state index in [1.165, 1.54) is 11.1 Å². The summed E-state index contributed by atoms with van der Waals surface area (Å²) >= 11 is 0. The summed E-state index contributed by atoms with van der Waals surface area (Å²) in [5, 5.41) is 3.42. The summed E-state index contributed by atoms with van der Waals surface area (Å²) in [6, 6.07) is 9.22. The average molecular weight is 259 g/mol. The largest absolute Gasteiger partial charge is 0.373 e. The highest BCUT2D eigenvalue weighted by Crippen LogP contribution is 2.29. The van der Waals surface area contributed by atoms with Crippen molar-refractivity contribution in [2.45, 2.75) is 45.3 Å². The Morgan fingerprint density at radius 2 is 2.16 bits per heavy atom. The van der Waals surface area contributed by atoms with Gasteiger partial charge in [0.1, 0.15) is 0 Å². The normalized spacial score (nSPS) is 19.0. The van der Waals surface area contributed by atoms with E-state index in [2.05, 4.69) is 55.6 Å². The van der Waals surface area contributed by atoms with Crippen molar-refractivity contribution in [1.29, 1.82) is 0 Å². The summed E-state index contributed by atoms with van der Waals surface area (Å²) in [5.41, 5.74) is 2.83. The van der Waals surface area contributed by atoms with Crippen LogP contribution in [0, 0.1) is 0 Å². The van der Waals surface area contributed by atoms with Crippen LogP contribution in [0.1, 0.15) is 43.9 Å². The van der Waals surface area contributed by atoms with Gasteiger partial charge >= 0.3 is 0 Å². The second kappa shape index (κ2) is 7.46. The van der Waals surface area contributed by atoms with Crippen LogP contribution in [-0.4, -0.2) is 19.2 Å². The Hall–Kier alpha value is -1.12. The third-order valence-corrected chi connectivity index (χ3v) is 3.47. The van der Waals surface area contributed by atoms with Crippen molar-refractivity contribution in [1.82, 2.24) is 5.32 Å². The van der Waals surface area contributed by atoms with Crippen molar-refractivity contribution in [3.05, 3.63) is 47.5 Å². The van der Waals surface area contributed by atoms with E-state index in [0.29, 0.717) is 6.04 Å². The first-order chi connectivity index (χ1) is 9.27. The minimum absolute atomic E-state index is 0.249. The molecule has 0 radical (unpaired) electrons. The molecular weight excluding hydrogens is 234 g/mol. The Bertz CT molecular complexity index is 411. The first-order valence-corrected chi connectivity index (χ1v) is 7.35. The SMILES string of the molecule is CC(C)NCCC=CCC1OCCc2ccccc21. The number of hydrogen-bond acceptors (Lipinski definition) is 2. The molecule has 1 aliphatic rings. The summed E-state index contributed by atoms with van der Waals surface area (Å²) in [6.07, 6.45) is 7.89. The fourth-order valence-corrected chi connectivity index (χ4v) is 2.46. The molecule has 0 bridgehead atoms. The topological polar surface area (TPSA) is 21.3 Å². The second-order valence-electron chi connectivity index (χ2n) is 5.41. The van der Waals surface area contributed by atoms with Crippen molar-refractivity contribution in [3.63, 3.8) is 0 Å². The molecular formula is C17H25NO. The molecule has 19 heavy (non-hydrogen) atoms. The zero-order chi connectivity index (χ0) is 13.5. The molecule has 2 rings (SSSR count). The highest BCUT2D eigenvalue weighted by molar-refractivity contribution is 5.31. The average Bonchev–Trinajstić information content (AvgIpc) is 2.42. The Labute approximate surface area is 116 Å². The first-order valence-electron chi connectivity index (χ1n) is 7.35. The van der Waals surface area contributed by atoms with Crippen molar-refractivity contribution >= 4 is 0 Å². The third-order valence-electron chi connectivity index (χ3n) is 3.47. The van der Waals surface area contributed by atoms with E-state index in [0.717, 1.165) is 32.4 Å². The molecule has 1 aromatic rings. The molecule has 1 aliphatic heterocycles. The van der Waals surface area contributed by atoms with Gasteiger partial charge < -0.3 is 10.1 Å². The zero-order valence-electron chi connectivity index (χ0n) is 12.1. The van der Waals surface area contributed by atoms with Crippen LogP contribution in [0.15, 0.2) is 36.4 Å². The van der Waals surface area contributed by atoms with Crippen LogP contribution in [0.2, 0.25) is 0 Å². The van der Waals surface area contributed by atoms with E-state index in [1.807, 2.05) is 0 Å². The number of fused-ring (bicyclic) bond motifs is 1. The minimum atomic E-state index is 0.249. The highest BCUT2D eigenvalue weighted by Gasteiger charge is 2.18. The number of benzene rings is 1. The number of rotatable bonds is 6. The highest BCUT2D eigenvalue weighted by atomic mass is 16.5. The molecule has 1 heterocycles. The fourth-order valence-electron chi connectivity index (χ4n) is 2.46. The Morgan fingerprint density at radius 3 is 3.00 bits per heavy atom. The molecule has 0 saturated heterocycles. The van der Waals surface area contributed by atoms with Gasteiger partial charge in [0.15, 0.2) is 0 Å². The summed E-state index contributed by atoms with van der Waals surface area (Å²) < 4.78 is 5.88. The van der Waals surface area contributed by atoms with Gasteiger partial charge in [-0.25, -0.2) is 0 Å². The Morgan fingerprint density at radius 1 is 1.32 bits per heavy atom. The van der Waals surface area contributed by atoms with Crippen molar-refractivity contribution in [2.75, 3.05) is 13.2 Å². The van der Waals surface area contributed by atoms with E-state index in [1.54, 1.807) is 0 Å². The molecule has 0 fully saturated rings. The van der Waals surface area contributed by atoms with E-state index >= 15 is 0 Å². The molecule has 0 aliphatic carbocycles. The predicted molar refractivity (Wildman–Crippen MR) is 80.4 cm³/mol. The second-order valence-corrected chi connectivity index (χ2v) is 5.41. The van der Waals surface area contributed by atoms with E-state index in [-0.39, 0.29) is 6.10 Å². The quantitative estimate of drug-likeness (QED) is 0.622. The molecule has 2 heteroatoms. The van der Waals surface area contributed by atoms with Gasteiger partial charge in [0.05, 0.1) is 12.7 Å². The lowest BCUT2D eigenvalue weighted by Gasteiger charge is -2.25. The molecule has 0 saturated carbocycles. The van der Waals surface area contributed by atoms with Crippen LogP contribution in [0.25, 0.3) is 0 Å². The lowest BCUT2D eigenvalue weighted by atomic mass is 9.96. The molecule has 104 valence electrons. The molecule has 1 unspecified atom stereocenters. The number of ether oxygens (including phenoxy) is 1. The van der Waals surface area contributed by atoms with Crippen LogP contribution in [0.4, 0.5) is 0 Å². The molecule has 2 nitrogen and oxygen atoms in total. The van der Waals surface area contributed by atoms with Gasteiger partial charge in [0.2, 0.25) is 0 Å². The van der Waals surface area contributed by atoms with Crippen LogP contribution in [0.3, 0.4) is 0 Å². The van der Waals surface area contributed by atoms with Crippen LogP contribution >= 0.6 is 0 Å². The maximum Gasteiger partial charge on any atom is 0.0862 e. The molecule has 0 amide bonds. The molecule has 0 spiro atoms. The van der Waals surface area contributed by atoms with Gasteiger partial charge in [-0.15, -0.1) is 0 Å². The van der Waals surface area contributed by atoms with Gasteiger partial charge in [-0.2, -0.15) is 0 Å². The van der Waals surface area contributed by atoms with Crippen LogP contribution < -0.4 is 5.32 Å². The van der Waals surface area contributed by atoms with Gasteiger partial charge in [0, 0.05) is 6.04 Å². The molecule has 1 aromatic carbocycles. The molecule has 0 aromatic heterocycles. The lowest BCUT2D eigenvalue weighted by Crippen LogP contribution is -2.23. The van der Waals surface area contributed by atoms with E-state index < -0.39 is 0 Å². The fraction of sp³-hybridized carbons (Fsp3) is 0.529. The van der Waals surface area contributed by atoms with Crippen molar-refractivity contribution in [2.24, 2.45) is 0 Å². The van der Waals surface area contributed by atoms with Crippen molar-refractivity contribution in [3.8, 4) is 0 Å². The maximum atomic E-state index is 5.88. The van der Waals surface area contributed by atoms with Gasteiger partial charge in [-0.1, -0.05) is 50.3 Å². The maximum absolute atomic E-state index is 5.88. The molecule has 1 N–H and O–H groups in total. The monoisotopic (exact) mass is 259 g/mol. The standard InChI is InChI=1S/C17H25NO/c1-14(2)18-12-7-3-4-10-17-16-9-6-5-8-15(16)11-13-19-17/h3-6,8-9,14,17-18H,7,10-13H2,1-2H3. The van der Waals surface area contributed by atoms with E-state index in [4.69, 9.17) is 4.74 Å². The van der Waals surface area contributed by atoms with Crippen molar-refractivity contribution < 1.29 is 4.74 Å². The summed E-state index contributed by atoms with van der Waals surface area (Å²) in [6.45, 7) is 6.26. The Balaban J connectivity index is 1.79. The Kier molecular flexibility index (Phi) is 5.62. The smallest absolute Gasteiger partial charge is 0.0862 e. The first kappa shape index (κ1) is 14.3. The van der Waals surface area contributed by atoms with E-state index in [9.17, 15) is 0 Å². The van der Waals surface area contributed by atoms with Crippen LogP contribution in [0.5, 0.6) is 0 Å². The summed E-state index contributed by atoms with van der Waals surface area (Å²) in [7, 11) is 0. The third kappa shape index (κ3) is 4.48. The van der Waals surface area contributed by atoms with Crippen LogP contribution in [-0.2, 0) is 11.2 Å². The predicted octanol–water partition coefficient (Wildman–Crippen LogP) is 3.63. The summed E-state index contributed by atoms with van der Waals surface area (Å²) in [4.78, 5) is 0. The molecule has 1 atom stereocenters. The number of nitrogens with one attached hydrogen (secondary N) is 1. The minimum Gasteiger partial charge on any atom is -0.373 e. The number of hydrogen-bond donors (Lipinski definition) is 1. The zero-order valence-corrected chi connectivity index (χ0v) is 12.1.